The number of likely N-dealkylation sites (N-methyl/N-ethyl adjacent to an activating group) is 1. The number of hydrogen-bond donors (Lipinski definition) is 0. The summed E-state index contributed by atoms with van der Waals surface area (Å²) in [4.78, 5) is 17.0. The Balaban J connectivity index is 1.44. The van der Waals surface area contributed by atoms with Gasteiger partial charge in [0.15, 0.2) is 0 Å². The van der Waals surface area contributed by atoms with E-state index in [1.807, 2.05) is 18.2 Å². The lowest BCUT2D eigenvalue weighted by Crippen LogP contribution is -2.48. The second kappa shape index (κ2) is 7.93. The van der Waals surface area contributed by atoms with Crippen molar-refractivity contribution in [2.45, 2.75) is 44.2 Å². The van der Waals surface area contributed by atoms with Gasteiger partial charge >= 0.3 is 0 Å². The molecule has 0 unspecified atom stereocenters. The molecule has 1 aromatic carbocycles. The van der Waals surface area contributed by atoms with Crippen molar-refractivity contribution in [2.24, 2.45) is 0 Å². The van der Waals surface area contributed by atoms with Gasteiger partial charge in [0.05, 0.1) is 6.61 Å². The lowest BCUT2D eigenvalue weighted by Gasteiger charge is -2.33. The van der Waals surface area contributed by atoms with E-state index in [0.717, 1.165) is 32.4 Å². The Bertz CT molecular complexity index is 505. The van der Waals surface area contributed by atoms with Gasteiger partial charge in [-0.1, -0.05) is 30.3 Å². The quantitative estimate of drug-likeness (QED) is 0.755. The summed E-state index contributed by atoms with van der Waals surface area (Å²) in [7, 11) is 2.19. The van der Waals surface area contributed by atoms with Crippen molar-refractivity contribution in [2.75, 3.05) is 33.4 Å². The molecule has 126 valence electrons. The van der Waals surface area contributed by atoms with Gasteiger partial charge in [0.2, 0.25) is 5.91 Å². The third-order valence-corrected chi connectivity index (χ3v) is 5.24. The van der Waals surface area contributed by atoms with E-state index in [0.29, 0.717) is 18.7 Å². The number of ether oxygens (including phenoxy) is 1. The maximum atomic E-state index is 12.5. The summed E-state index contributed by atoms with van der Waals surface area (Å²) in [5.41, 5.74) is 1.26. The molecule has 2 atom stereocenters. The van der Waals surface area contributed by atoms with Crippen molar-refractivity contribution < 1.29 is 9.53 Å². The first-order chi connectivity index (χ1) is 11.3. The summed E-state index contributed by atoms with van der Waals surface area (Å²) < 4.78 is 5.64. The van der Waals surface area contributed by atoms with Crippen LogP contribution in [0.1, 0.15) is 31.2 Å². The number of rotatable bonds is 6. The van der Waals surface area contributed by atoms with Gasteiger partial charge in [-0.25, -0.2) is 0 Å². The number of hydrogen-bond acceptors (Lipinski definition) is 3. The Morgan fingerprint density at radius 3 is 2.61 bits per heavy atom. The highest BCUT2D eigenvalue weighted by Gasteiger charge is 2.38. The number of nitrogens with zero attached hydrogens (tertiary/aromatic N) is 2. The predicted octanol–water partition coefficient (Wildman–Crippen LogP) is 2.33. The van der Waals surface area contributed by atoms with Crippen LogP contribution in [0.25, 0.3) is 0 Å². The molecule has 1 amide bonds. The molecule has 4 heteroatoms. The topological polar surface area (TPSA) is 32.8 Å². The molecule has 0 aromatic heterocycles. The molecule has 0 spiro atoms. The highest BCUT2D eigenvalue weighted by Crippen LogP contribution is 2.29. The van der Waals surface area contributed by atoms with Gasteiger partial charge in [-0.15, -0.1) is 0 Å². The van der Waals surface area contributed by atoms with Gasteiger partial charge in [-0.3, -0.25) is 4.79 Å². The first-order valence-electron chi connectivity index (χ1n) is 8.87. The summed E-state index contributed by atoms with van der Waals surface area (Å²) >= 11 is 0. The van der Waals surface area contributed by atoms with Gasteiger partial charge in [0, 0.05) is 18.6 Å². The molecule has 2 fully saturated rings. The second-order valence-electron chi connectivity index (χ2n) is 6.78. The molecule has 0 bridgehead atoms. The molecule has 2 aliphatic rings. The van der Waals surface area contributed by atoms with E-state index in [1.165, 1.54) is 18.4 Å². The summed E-state index contributed by atoms with van der Waals surface area (Å²) in [5, 5.41) is 0. The molecule has 0 radical (unpaired) electrons. The fourth-order valence-corrected chi connectivity index (χ4v) is 4.00. The Morgan fingerprint density at radius 1 is 1.13 bits per heavy atom. The zero-order valence-electron chi connectivity index (χ0n) is 14.1. The SMILES string of the molecule is CN1CCC[C@@H]1[C@@H]1CCCN1C(=O)COCCc1ccccc1. The van der Waals surface area contributed by atoms with Crippen LogP contribution in [0.5, 0.6) is 0 Å². The Kier molecular flexibility index (Phi) is 5.68. The molecular weight excluding hydrogens is 288 g/mol. The van der Waals surface area contributed by atoms with Gasteiger partial charge in [0.25, 0.3) is 0 Å². The van der Waals surface area contributed by atoms with Crippen LogP contribution in [0.4, 0.5) is 0 Å². The summed E-state index contributed by atoms with van der Waals surface area (Å²) in [6.45, 7) is 2.89. The molecule has 23 heavy (non-hydrogen) atoms. The smallest absolute Gasteiger partial charge is 0.248 e. The van der Waals surface area contributed by atoms with E-state index in [4.69, 9.17) is 4.74 Å². The summed E-state index contributed by atoms with van der Waals surface area (Å²) in [6, 6.07) is 11.2. The molecule has 2 heterocycles. The fourth-order valence-electron chi connectivity index (χ4n) is 4.00. The molecule has 0 saturated carbocycles. The van der Waals surface area contributed by atoms with Crippen LogP contribution in [0, 0.1) is 0 Å². The van der Waals surface area contributed by atoms with Crippen LogP contribution in [-0.4, -0.2) is 61.1 Å². The largest absolute Gasteiger partial charge is 0.371 e. The standard InChI is InChI=1S/C19H28N2O2/c1-20-12-5-9-17(20)18-10-6-13-21(18)19(22)15-23-14-11-16-7-3-2-4-8-16/h2-4,7-8,17-18H,5-6,9-15H2,1H3/t17-,18+/m1/s1. The maximum Gasteiger partial charge on any atom is 0.248 e. The minimum atomic E-state index is 0.167. The average molecular weight is 316 g/mol. The Morgan fingerprint density at radius 2 is 1.87 bits per heavy atom. The first-order valence-corrected chi connectivity index (χ1v) is 8.87. The van der Waals surface area contributed by atoms with Gasteiger partial charge in [0.1, 0.15) is 6.61 Å². The van der Waals surface area contributed by atoms with Crippen LogP contribution in [0.15, 0.2) is 30.3 Å². The van der Waals surface area contributed by atoms with Gasteiger partial charge in [-0.2, -0.15) is 0 Å². The fraction of sp³-hybridized carbons (Fsp3) is 0.632. The van der Waals surface area contributed by atoms with Crippen molar-refractivity contribution in [3.8, 4) is 0 Å². The van der Waals surface area contributed by atoms with E-state index in [1.54, 1.807) is 0 Å². The monoisotopic (exact) mass is 316 g/mol. The molecule has 0 N–H and O–H groups in total. The van der Waals surface area contributed by atoms with Crippen LogP contribution >= 0.6 is 0 Å². The highest BCUT2D eigenvalue weighted by molar-refractivity contribution is 5.78. The van der Waals surface area contributed by atoms with Gasteiger partial charge < -0.3 is 14.5 Å². The van der Waals surface area contributed by atoms with E-state index >= 15 is 0 Å². The molecule has 2 aliphatic heterocycles. The van der Waals surface area contributed by atoms with Crippen molar-refractivity contribution >= 4 is 5.91 Å². The van der Waals surface area contributed by atoms with Crippen LogP contribution in [-0.2, 0) is 16.0 Å². The van der Waals surface area contributed by atoms with E-state index in [9.17, 15) is 4.79 Å². The lowest BCUT2D eigenvalue weighted by atomic mass is 10.0. The van der Waals surface area contributed by atoms with Crippen LogP contribution in [0.2, 0.25) is 0 Å². The van der Waals surface area contributed by atoms with E-state index in [-0.39, 0.29) is 12.5 Å². The number of carbonyl (C=O) groups excluding carboxylic acids is 1. The third kappa shape index (κ3) is 4.12. The lowest BCUT2D eigenvalue weighted by molar-refractivity contribution is -0.137. The number of likely N-dealkylation sites (tertiary alicyclic amines) is 2. The second-order valence-corrected chi connectivity index (χ2v) is 6.78. The minimum absolute atomic E-state index is 0.167. The van der Waals surface area contributed by atoms with E-state index in [2.05, 4.69) is 29.0 Å². The van der Waals surface area contributed by atoms with E-state index < -0.39 is 0 Å². The zero-order chi connectivity index (χ0) is 16.1. The molecule has 4 nitrogen and oxygen atoms in total. The highest BCUT2D eigenvalue weighted by atomic mass is 16.5. The summed E-state index contributed by atoms with van der Waals surface area (Å²) in [6.07, 6.45) is 5.62. The normalized spacial score (nSPS) is 25.2. The Labute approximate surface area is 139 Å². The van der Waals surface area contributed by atoms with Crippen LogP contribution in [0.3, 0.4) is 0 Å². The van der Waals surface area contributed by atoms with Crippen molar-refractivity contribution in [1.82, 2.24) is 9.80 Å². The molecule has 0 aliphatic carbocycles. The molecule has 1 aromatic rings. The zero-order valence-corrected chi connectivity index (χ0v) is 14.1. The maximum absolute atomic E-state index is 12.5. The van der Waals surface area contributed by atoms with Crippen molar-refractivity contribution in [3.05, 3.63) is 35.9 Å². The first kappa shape index (κ1) is 16.5. The Hall–Kier alpha value is -1.39. The summed E-state index contributed by atoms with van der Waals surface area (Å²) in [5.74, 6) is 0.167. The van der Waals surface area contributed by atoms with Crippen LogP contribution < -0.4 is 0 Å². The van der Waals surface area contributed by atoms with Crippen molar-refractivity contribution in [1.29, 1.82) is 0 Å². The average Bonchev–Trinajstić information content (AvgIpc) is 3.20. The third-order valence-electron chi connectivity index (χ3n) is 5.24. The van der Waals surface area contributed by atoms with Crippen molar-refractivity contribution in [3.63, 3.8) is 0 Å². The molecule has 3 rings (SSSR count). The predicted molar refractivity (Wildman–Crippen MR) is 91.4 cm³/mol. The molecular formula is C19H28N2O2. The van der Waals surface area contributed by atoms with Gasteiger partial charge in [-0.05, 0) is 51.3 Å². The number of amides is 1. The molecule has 2 saturated heterocycles. The number of carbonyl (C=O) groups is 1. The minimum Gasteiger partial charge on any atom is -0.371 e. The number of benzene rings is 1.